The zero-order chi connectivity index (χ0) is 20.5. The predicted octanol–water partition coefficient (Wildman–Crippen LogP) is 1.67. The van der Waals surface area contributed by atoms with Crippen molar-refractivity contribution in [2.45, 2.75) is 39.0 Å². The van der Waals surface area contributed by atoms with Crippen molar-refractivity contribution < 1.29 is 19.1 Å². The minimum Gasteiger partial charge on any atom is -0.376 e. The summed E-state index contributed by atoms with van der Waals surface area (Å²) in [4.78, 5) is 39.1. The molecule has 3 heterocycles. The van der Waals surface area contributed by atoms with Gasteiger partial charge in [-0.05, 0) is 50.2 Å². The van der Waals surface area contributed by atoms with Crippen molar-refractivity contribution in [3.63, 3.8) is 0 Å². The van der Waals surface area contributed by atoms with E-state index < -0.39 is 0 Å². The molecule has 1 aromatic heterocycles. The molecule has 2 aliphatic heterocycles. The number of aromatic nitrogens is 3. The largest absolute Gasteiger partial charge is 0.376 e. The number of ether oxygens (including phenoxy) is 1. The summed E-state index contributed by atoms with van der Waals surface area (Å²) in [6, 6.07) is 4.55. The van der Waals surface area contributed by atoms with E-state index in [9.17, 15) is 14.4 Å². The van der Waals surface area contributed by atoms with Gasteiger partial charge in [0.2, 0.25) is 0 Å². The summed E-state index contributed by atoms with van der Waals surface area (Å²) in [6.07, 6.45) is 1.64. The van der Waals surface area contributed by atoms with Crippen LogP contribution in [0.25, 0.3) is 0 Å². The summed E-state index contributed by atoms with van der Waals surface area (Å²) in [7, 11) is 0. The summed E-state index contributed by atoms with van der Waals surface area (Å²) in [5, 5.41) is 9.57. The lowest BCUT2D eigenvalue weighted by Gasteiger charge is -2.17. The molecule has 1 saturated heterocycles. The van der Waals surface area contributed by atoms with Gasteiger partial charge in [0.15, 0.2) is 10.6 Å². The molecule has 29 heavy (non-hydrogen) atoms. The lowest BCUT2D eigenvalue weighted by molar-refractivity contribution is 0.0475. The number of nitrogens with one attached hydrogen (secondary N) is 2. The summed E-state index contributed by atoms with van der Waals surface area (Å²) in [5.74, 6) is -0.476. The van der Waals surface area contributed by atoms with E-state index in [-0.39, 0.29) is 42.5 Å². The number of hydrogen-bond donors (Lipinski definition) is 2. The van der Waals surface area contributed by atoms with Gasteiger partial charge in [0.05, 0.1) is 30.3 Å². The van der Waals surface area contributed by atoms with Gasteiger partial charge in [-0.15, -0.1) is 0 Å². The zero-order valence-electron chi connectivity index (χ0n) is 15.9. The molecule has 1 fully saturated rings. The molecule has 0 saturated carbocycles. The minimum absolute atomic E-state index is 0.117. The van der Waals surface area contributed by atoms with Crippen LogP contribution in [-0.4, -0.2) is 56.6 Å². The van der Waals surface area contributed by atoms with E-state index in [4.69, 9.17) is 17.0 Å². The smallest absolute Gasteiger partial charge is 0.261 e. The average molecular weight is 415 g/mol. The van der Waals surface area contributed by atoms with Gasteiger partial charge in [-0.2, -0.15) is 5.10 Å². The molecule has 2 aromatic rings. The first-order valence-electron chi connectivity index (χ1n) is 9.53. The maximum atomic E-state index is 12.7. The second-order valence-corrected chi connectivity index (χ2v) is 7.37. The molecule has 10 heteroatoms. The fraction of sp³-hybridized carbons (Fsp3) is 0.421. The van der Waals surface area contributed by atoms with E-state index in [1.165, 1.54) is 17.0 Å². The molecule has 1 unspecified atom stereocenters. The average Bonchev–Trinajstić information content (AvgIpc) is 3.42. The first-order chi connectivity index (χ1) is 14.0. The van der Waals surface area contributed by atoms with E-state index in [1.807, 2.05) is 6.92 Å². The van der Waals surface area contributed by atoms with Gasteiger partial charge in [-0.1, -0.05) is 0 Å². The van der Waals surface area contributed by atoms with Crippen molar-refractivity contribution in [1.29, 1.82) is 0 Å². The number of rotatable bonds is 6. The Labute approximate surface area is 172 Å². The Morgan fingerprint density at radius 1 is 1.34 bits per heavy atom. The molecule has 9 nitrogen and oxygen atoms in total. The summed E-state index contributed by atoms with van der Waals surface area (Å²) in [6.45, 7) is 3.65. The number of imide groups is 1. The van der Waals surface area contributed by atoms with Gasteiger partial charge in [-0.3, -0.25) is 24.4 Å². The Bertz CT molecular complexity index is 1040. The molecular formula is C19H21N5O4S. The summed E-state index contributed by atoms with van der Waals surface area (Å²) in [5.41, 5.74) is 0.870. The lowest BCUT2D eigenvalue weighted by Crippen LogP contribution is -2.36. The minimum atomic E-state index is -0.387. The fourth-order valence-corrected chi connectivity index (χ4v) is 3.94. The van der Waals surface area contributed by atoms with Crippen molar-refractivity contribution in [3.8, 4) is 0 Å². The number of carbonyl (C=O) groups excluding carboxylic acids is 3. The normalized spacial score (nSPS) is 18.4. The van der Waals surface area contributed by atoms with Gasteiger partial charge >= 0.3 is 0 Å². The molecule has 152 valence electrons. The van der Waals surface area contributed by atoms with Gasteiger partial charge < -0.3 is 14.6 Å². The third kappa shape index (κ3) is 3.60. The molecule has 1 aromatic carbocycles. The third-order valence-electron chi connectivity index (χ3n) is 5.20. The van der Waals surface area contributed by atoms with Gasteiger partial charge in [0.1, 0.15) is 0 Å². The molecular weight excluding hydrogens is 394 g/mol. The first kappa shape index (κ1) is 19.5. The number of nitrogens with zero attached hydrogens (tertiary/aromatic N) is 3. The standard InChI is InChI=1S/C19H21N5O4S/c1-2-23-15(21-22-19(23)29)9-20-16(25)11-5-6-13-14(8-11)18(27)24(17(13)26)10-12-4-3-7-28-12/h5-6,8,12H,2-4,7,9-10H2,1H3,(H,20,25)(H,22,29). The molecule has 2 N–H and O–H groups in total. The van der Waals surface area contributed by atoms with Crippen molar-refractivity contribution in [1.82, 2.24) is 25.0 Å². The van der Waals surface area contributed by atoms with Crippen molar-refractivity contribution in [2.24, 2.45) is 0 Å². The van der Waals surface area contributed by atoms with Gasteiger partial charge in [-0.25, -0.2) is 0 Å². The van der Waals surface area contributed by atoms with Crippen LogP contribution in [0.2, 0.25) is 0 Å². The van der Waals surface area contributed by atoms with Crippen molar-refractivity contribution in [2.75, 3.05) is 13.2 Å². The highest BCUT2D eigenvalue weighted by Gasteiger charge is 2.37. The predicted molar refractivity (Wildman–Crippen MR) is 105 cm³/mol. The molecule has 0 bridgehead atoms. The van der Waals surface area contributed by atoms with Crippen LogP contribution in [0.4, 0.5) is 0 Å². The van der Waals surface area contributed by atoms with Crippen LogP contribution in [0.3, 0.4) is 0 Å². The molecule has 2 aliphatic rings. The number of H-pyrrole nitrogens is 1. The van der Waals surface area contributed by atoms with E-state index in [2.05, 4.69) is 15.5 Å². The third-order valence-corrected chi connectivity index (χ3v) is 5.52. The van der Waals surface area contributed by atoms with Crippen LogP contribution >= 0.6 is 12.2 Å². The fourth-order valence-electron chi connectivity index (χ4n) is 3.66. The van der Waals surface area contributed by atoms with E-state index in [0.717, 1.165) is 12.8 Å². The Morgan fingerprint density at radius 2 is 2.14 bits per heavy atom. The Kier molecular flexibility index (Phi) is 5.29. The molecule has 1 atom stereocenters. The quantitative estimate of drug-likeness (QED) is 0.549. The highest BCUT2D eigenvalue weighted by Crippen LogP contribution is 2.26. The lowest BCUT2D eigenvalue weighted by atomic mass is 10.1. The maximum absolute atomic E-state index is 12.7. The molecule has 0 aliphatic carbocycles. The van der Waals surface area contributed by atoms with Crippen LogP contribution in [0, 0.1) is 4.77 Å². The Hall–Kier alpha value is -2.85. The van der Waals surface area contributed by atoms with Crippen LogP contribution in [-0.2, 0) is 17.8 Å². The highest BCUT2D eigenvalue weighted by molar-refractivity contribution is 7.71. The number of hydrogen-bond acceptors (Lipinski definition) is 6. The molecule has 3 amide bonds. The van der Waals surface area contributed by atoms with E-state index in [1.54, 1.807) is 10.6 Å². The highest BCUT2D eigenvalue weighted by atomic mass is 32.1. The van der Waals surface area contributed by atoms with Crippen LogP contribution in [0.15, 0.2) is 18.2 Å². The number of fused-ring (bicyclic) bond motifs is 1. The molecule has 4 rings (SSSR count). The van der Waals surface area contributed by atoms with Crippen LogP contribution < -0.4 is 5.32 Å². The zero-order valence-corrected chi connectivity index (χ0v) is 16.8. The topological polar surface area (TPSA) is 109 Å². The number of carbonyl (C=O) groups is 3. The monoisotopic (exact) mass is 415 g/mol. The van der Waals surface area contributed by atoms with Crippen LogP contribution in [0.5, 0.6) is 0 Å². The second-order valence-electron chi connectivity index (χ2n) is 6.99. The van der Waals surface area contributed by atoms with Crippen molar-refractivity contribution >= 4 is 29.9 Å². The number of amides is 3. The van der Waals surface area contributed by atoms with Gasteiger partial charge in [0.25, 0.3) is 17.7 Å². The number of aromatic amines is 1. The van der Waals surface area contributed by atoms with Gasteiger partial charge in [0, 0.05) is 18.7 Å². The van der Waals surface area contributed by atoms with Crippen LogP contribution in [0.1, 0.15) is 56.7 Å². The van der Waals surface area contributed by atoms with E-state index in [0.29, 0.717) is 34.9 Å². The second kappa shape index (κ2) is 7.88. The maximum Gasteiger partial charge on any atom is 0.261 e. The molecule has 0 radical (unpaired) electrons. The summed E-state index contributed by atoms with van der Waals surface area (Å²) >= 11 is 5.13. The molecule has 0 spiro atoms. The summed E-state index contributed by atoms with van der Waals surface area (Å²) < 4.78 is 7.81. The van der Waals surface area contributed by atoms with E-state index >= 15 is 0 Å². The number of benzene rings is 1. The first-order valence-corrected chi connectivity index (χ1v) is 9.94. The Balaban J connectivity index is 1.48. The van der Waals surface area contributed by atoms with Crippen molar-refractivity contribution in [3.05, 3.63) is 45.5 Å². The SMILES string of the molecule is CCn1c(CNC(=O)c2ccc3c(c2)C(=O)N(CC2CCCO2)C3=O)n[nH]c1=S. The Morgan fingerprint density at radius 3 is 2.86 bits per heavy atom.